The van der Waals surface area contributed by atoms with Crippen LogP contribution in [0.25, 0.3) is 55.3 Å². The maximum atomic E-state index is 6.63. The van der Waals surface area contributed by atoms with Crippen molar-refractivity contribution in [3.8, 4) is 39.1 Å². The Balaban J connectivity index is 1.02. The second-order valence-corrected chi connectivity index (χ2v) is 17.2. The molecule has 8 aromatic rings. The summed E-state index contributed by atoms with van der Waals surface area (Å²) in [6, 6.07) is 51.3. The summed E-state index contributed by atoms with van der Waals surface area (Å²) in [5.41, 5.74) is 19.0. The molecule has 0 spiro atoms. The highest BCUT2D eigenvalue weighted by Gasteiger charge is 2.45. The zero-order valence-corrected chi connectivity index (χ0v) is 32.5. The van der Waals surface area contributed by atoms with Crippen LogP contribution in [0.5, 0.6) is 5.75 Å². The normalized spacial score (nSPS) is 18.5. The van der Waals surface area contributed by atoms with Gasteiger partial charge in [-0.1, -0.05) is 137 Å². The lowest BCUT2D eigenvalue weighted by atomic mass is 9.76. The molecular formula is C54H41NO2. The molecule has 0 saturated carbocycles. The molecule has 3 aliphatic carbocycles. The molecule has 12 rings (SSSR count). The van der Waals surface area contributed by atoms with Crippen LogP contribution in [-0.4, -0.2) is 6.10 Å². The molecule has 0 fully saturated rings. The predicted molar refractivity (Wildman–Crippen MR) is 234 cm³/mol. The van der Waals surface area contributed by atoms with E-state index in [0.717, 1.165) is 39.4 Å². The van der Waals surface area contributed by atoms with Gasteiger partial charge < -0.3 is 14.1 Å². The van der Waals surface area contributed by atoms with Crippen molar-refractivity contribution in [2.45, 2.75) is 50.5 Å². The molecule has 0 saturated heterocycles. The highest BCUT2D eigenvalue weighted by molar-refractivity contribution is 6.12. The highest BCUT2D eigenvalue weighted by Crippen LogP contribution is 2.58. The molecule has 1 aromatic heterocycles. The molecule has 7 aromatic carbocycles. The van der Waals surface area contributed by atoms with Crippen LogP contribution in [0.2, 0.25) is 0 Å². The second-order valence-electron chi connectivity index (χ2n) is 17.2. The number of para-hydroxylation sites is 1. The van der Waals surface area contributed by atoms with Gasteiger partial charge in [0.1, 0.15) is 23.0 Å². The minimum absolute atomic E-state index is 0.0547. The van der Waals surface area contributed by atoms with E-state index < -0.39 is 0 Å². The number of rotatable bonds is 4. The molecule has 0 amide bonds. The summed E-state index contributed by atoms with van der Waals surface area (Å²) in [6.45, 7) is 9.50. The van der Waals surface area contributed by atoms with Crippen LogP contribution in [-0.2, 0) is 10.8 Å². The molecule has 2 unspecified atom stereocenters. The summed E-state index contributed by atoms with van der Waals surface area (Å²) in [7, 11) is 0. The van der Waals surface area contributed by atoms with E-state index in [9.17, 15) is 0 Å². The molecule has 2 atom stereocenters. The minimum Gasteiger partial charge on any atom is -0.485 e. The fraction of sp³-hybridized carbons (Fsp3) is 0.148. The van der Waals surface area contributed by atoms with Gasteiger partial charge in [-0.15, -0.1) is 0 Å². The highest BCUT2D eigenvalue weighted by atomic mass is 16.5. The fourth-order valence-electron chi connectivity index (χ4n) is 10.6. The number of hydrogen-bond donors (Lipinski definition) is 0. The van der Waals surface area contributed by atoms with E-state index in [1.165, 1.54) is 66.6 Å². The van der Waals surface area contributed by atoms with E-state index in [2.05, 4.69) is 196 Å². The monoisotopic (exact) mass is 735 g/mol. The molecule has 0 N–H and O–H groups in total. The SMILES string of the molecule is CC1(C)c2cc(N(c3ccc(-c4ccccc4)cc3)c3ccc4c(c3)C(C)(C)c3c-4ccc4c3C3C=CC=CC3O4)ccc2-c2c1ccc1c2oc2ccccc21. The Bertz CT molecular complexity index is 3050. The molecular weight excluding hydrogens is 695 g/mol. The van der Waals surface area contributed by atoms with Gasteiger partial charge in [0.15, 0.2) is 0 Å². The van der Waals surface area contributed by atoms with Crippen LogP contribution in [0, 0.1) is 0 Å². The van der Waals surface area contributed by atoms with Crippen molar-refractivity contribution in [2.75, 3.05) is 4.90 Å². The zero-order chi connectivity index (χ0) is 38.2. The van der Waals surface area contributed by atoms with Gasteiger partial charge >= 0.3 is 0 Å². The Labute approximate surface area is 333 Å². The van der Waals surface area contributed by atoms with Crippen molar-refractivity contribution < 1.29 is 9.15 Å². The quantitative estimate of drug-likeness (QED) is 0.180. The molecule has 0 radical (unpaired) electrons. The molecule has 3 nitrogen and oxygen atoms in total. The molecule has 274 valence electrons. The number of benzene rings is 7. The van der Waals surface area contributed by atoms with Crippen molar-refractivity contribution in [3.63, 3.8) is 0 Å². The number of hydrogen-bond acceptors (Lipinski definition) is 3. The first-order valence-electron chi connectivity index (χ1n) is 20.2. The van der Waals surface area contributed by atoms with Gasteiger partial charge in [-0.2, -0.15) is 0 Å². The van der Waals surface area contributed by atoms with Crippen molar-refractivity contribution in [1.29, 1.82) is 0 Å². The fourth-order valence-corrected chi connectivity index (χ4v) is 10.6. The van der Waals surface area contributed by atoms with Crippen LogP contribution in [0.15, 0.2) is 168 Å². The smallest absolute Gasteiger partial charge is 0.143 e. The Morgan fingerprint density at radius 1 is 0.526 bits per heavy atom. The molecule has 1 aliphatic heterocycles. The third-order valence-electron chi connectivity index (χ3n) is 13.4. The van der Waals surface area contributed by atoms with E-state index in [1.54, 1.807) is 0 Å². The van der Waals surface area contributed by atoms with E-state index in [0.29, 0.717) is 0 Å². The summed E-state index contributed by atoms with van der Waals surface area (Å²) in [5, 5.41) is 2.33. The van der Waals surface area contributed by atoms with Crippen molar-refractivity contribution in [1.82, 2.24) is 0 Å². The summed E-state index contributed by atoms with van der Waals surface area (Å²) in [5.74, 6) is 1.25. The Morgan fingerprint density at radius 3 is 2.00 bits per heavy atom. The van der Waals surface area contributed by atoms with Crippen LogP contribution < -0.4 is 9.64 Å². The second kappa shape index (κ2) is 11.5. The van der Waals surface area contributed by atoms with Gasteiger partial charge in [-0.3, -0.25) is 0 Å². The van der Waals surface area contributed by atoms with Crippen LogP contribution in [0.4, 0.5) is 17.1 Å². The first-order chi connectivity index (χ1) is 27.8. The van der Waals surface area contributed by atoms with Gasteiger partial charge in [0.25, 0.3) is 0 Å². The number of nitrogens with zero attached hydrogens (tertiary/aromatic N) is 1. The largest absolute Gasteiger partial charge is 0.485 e. The predicted octanol–water partition coefficient (Wildman–Crippen LogP) is 14.3. The third-order valence-corrected chi connectivity index (χ3v) is 13.4. The number of fused-ring (bicyclic) bond motifs is 14. The summed E-state index contributed by atoms with van der Waals surface area (Å²) in [4.78, 5) is 2.45. The maximum absolute atomic E-state index is 6.63. The average Bonchev–Trinajstić information content (AvgIpc) is 3.94. The van der Waals surface area contributed by atoms with Gasteiger partial charge in [0.05, 0.1) is 0 Å². The van der Waals surface area contributed by atoms with Gasteiger partial charge in [-0.25, -0.2) is 0 Å². The standard InChI is InChI=1S/C54H41NO2/c1-53(2)43-28-26-40-38-14-8-10-16-46(38)57-52(40)49(43)41-25-23-36(31-45(41)53)55(34-20-18-33(19-21-34)32-12-6-5-7-13-32)35-22-24-37-39-27-29-48-50(42-15-9-11-17-47(42)56-48)51(39)54(3,4)44(37)30-35/h5-31,42,47H,1-4H3. The Kier molecular flexibility index (Phi) is 6.58. The van der Waals surface area contributed by atoms with Crippen molar-refractivity contribution in [3.05, 3.63) is 192 Å². The minimum atomic E-state index is -0.221. The molecule has 4 aliphatic rings. The molecule has 57 heavy (non-hydrogen) atoms. The number of anilines is 3. The number of ether oxygens (including phenoxy) is 1. The zero-order valence-electron chi connectivity index (χ0n) is 32.5. The van der Waals surface area contributed by atoms with Gasteiger partial charge in [0, 0.05) is 55.7 Å². The lowest BCUT2D eigenvalue weighted by molar-refractivity contribution is 0.269. The maximum Gasteiger partial charge on any atom is 0.143 e. The third kappa shape index (κ3) is 4.48. The summed E-state index contributed by atoms with van der Waals surface area (Å²) >= 11 is 0. The van der Waals surface area contributed by atoms with Gasteiger partial charge in [-0.05, 0) is 105 Å². The van der Waals surface area contributed by atoms with Crippen molar-refractivity contribution >= 4 is 39.0 Å². The number of furan rings is 1. The molecule has 0 bridgehead atoms. The summed E-state index contributed by atoms with van der Waals surface area (Å²) in [6.07, 6.45) is 8.84. The topological polar surface area (TPSA) is 25.6 Å². The average molecular weight is 736 g/mol. The van der Waals surface area contributed by atoms with E-state index >= 15 is 0 Å². The van der Waals surface area contributed by atoms with E-state index in [1.807, 2.05) is 0 Å². The first kappa shape index (κ1) is 32.6. The van der Waals surface area contributed by atoms with Crippen LogP contribution in [0.3, 0.4) is 0 Å². The lowest BCUT2D eigenvalue weighted by Gasteiger charge is -2.30. The Hall–Kier alpha value is -6.58. The summed E-state index contributed by atoms with van der Waals surface area (Å²) < 4.78 is 13.1. The van der Waals surface area contributed by atoms with Crippen molar-refractivity contribution in [2.24, 2.45) is 0 Å². The molecule has 3 heteroatoms. The molecule has 2 heterocycles. The van der Waals surface area contributed by atoms with E-state index in [-0.39, 0.29) is 22.9 Å². The van der Waals surface area contributed by atoms with Crippen LogP contribution >= 0.6 is 0 Å². The van der Waals surface area contributed by atoms with E-state index in [4.69, 9.17) is 9.15 Å². The Morgan fingerprint density at radius 2 is 1.19 bits per heavy atom. The number of allylic oxidation sites excluding steroid dienone is 2. The van der Waals surface area contributed by atoms with Crippen LogP contribution in [0.1, 0.15) is 61.4 Å². The lowest BCUT2D eigenvalue weighted by Crippen LogP contribution is -2.21. The van der Waals surface area contributed by atoms with Gasteiger partial charge in [0.2, 0.25) is 0 Å². The first-order valence-corrected chi connectivity index (χ1v) is 20.2.